The molecule has 7 heteroatoms. The van der Waals surface area contributed by atoms with Crippen molar-refractivity contribution in [1.82, 2.24) is 10.2 Å². The van der Waals surface area contributed by atoms with Crippen LogP contribution in [0.5, 0.6) is 0 Å². The molecular formula is C24H31N3O3S. The van der Waals surface area contributed by atoms with Gasteiger partial charge < -0.3 is 15.0 Å². The zero-order valence-corrected chi connectivity index (χ0v) is 19.9. The number of nitrogens with one attached hydrogen (secondary N) is 1. The van der Waals surface area contributed by atoms with Crippen LogP contribution in [-0.4, -0.2) is 35.6 Å². The molecule has 1 aromatic rings. The minimum absolute atomic E-state index is 0.0402. The first kappa shape index (κ1) is 23.1. The van der Waals surface area contributed by atoms with Crippen molar-refractivity contribution in [2.24, 2.45) is 10.9 Å². The van der Waals surface area contributed by atoms with E-state index in [2.05, 4.69) is 62.3 Å². The van der Waals surface area contributed by atoms with Crippen LogP contribution in [0.2, 0.25) is 0 Å². The van der Waals surface area contributed by atoms with Crippen LogP contribution in [-0.2, 0) is 14.3 Å². The first-order valence-corrected chi connectivity index (χ1v) is 11.5. The number of amidine groups is 1. The minimum atomic E-state index is -0.404. The molecule has 2 aliphatic rings. The molecule has 1 atom stereocenters. The standard InChI is InChI=1S/C24H31N3O3S/c1-14(2)12-25-20(28)11-19-13-31-24-26-16(5)21(23(29)30-6)22(27(19)24)18-9-7-17(8-10-18)15(3)4/h7-10,13-15,22H,11-12H2,1-6H3,(H,25,28)/t22-/m1/s1. The van der Waals surface area contributed by atoms with E-state index in [-0.39, 0.29) is 18.4 Å². The van der Waals surface area contributed by atoms with Crippen LogP contribution in [0.3, 0.4) is 0 Å². The Kier molecular flexibility index (Phi) is 7.26. The maximum Gasteiger partial charge on any atom is 0.338 e. The van der Waals surface area contributed by atoms with Gasteiger partial charge in [0.05, 0.1) is 30.8 Å². The molecule has 0 saturated carbocycles. The Bertz CT molecular complexity index is 945. The van der Waals surface area contributed by atoms with E-state index in [1.165, 1.54) is 24.4 Å². The van der Waals surface area contributed by atoms with Gasteiger partial charge in [0.15, 0.2) is 5.17 Å². The highest BCUT2D eigenvalue weighted by Gasteiger charge is 2.40. The number of esters is 1. The summed E-state index contributed by atoms with van der Waals surface area (Å²) >= 11 is 1.48. The van der Waals surface area contributed by atoms with Crippen LogP contribution in [0.25, 0.3) is 0 Å². The first-order valence-electron chi connectivity index (χ1n) is 10.6. The van der Waals surface area contributed by atoms with E-state index in [9.17, 15) is 9.59 Å². The number of allylic oxidation sites excluding steroid dienone is 1. The van der Waals surface area contributed by atoms with Crippen molar-refractivity contribution >= 4 is 28.8 Å². The molecule has 0 radical (unpaired) electrons. The number of ether oxygens (including phenoxy) is 1. The molecule has 0 saturated heterocycles. The van der Waals surface area contributed by atoms with E-state index in [0.717, 1.165) is 16.4 Å². The number of nitrogens with zero attached hydrogens (tertiary/aromatic N) is 2. The fraction of sp³-hybridized carbons (Fsp3) is 0.458. The Morgan fingerprint density at radius 3 is 2.45 bits per heavy atom. The summed E-state index contributed by atoms with van der Waals surface area (Å²) in [5.74, 6) is 0.351. The summed E-state index contributed by atoms with van der Waals surface area (Å²) in [6.45, 7) is 10.9. The number of amides is 1. The predicted molar refractivity (Wildman–Crippen MR) is 125 cm³/mol. The van der Waals surface area contributed by atoms with Gasteiger partial charge in [-0.1, -0.05) is 63.7 Å². The molecule has 0 unspecified atom stereocenters. The van der Waals surface area contributed by atoms with Gasteiger partial charge >= 0.3 is 5.97 Å². The number of rotatable bonds is 7. The molecule has 1 N–H and O–H groups in total. The maximum absolute atomic E-state index is 12.7. The number of methoxy groups -OCH3 is 1. The van der Waals surface area contributed by atoms with E-state index in [0.29, 0.717) is 29.7 Å². The molecular weight excluding hydrogens is 410 g/mol. The smallest absolute Gasteiger partial charge is 0.338 e. The van der Waals surface area contributed by atoms with Crippen molar-refractivity contribution in [3.05, 3.63) is 57.8 Å². The fourth-order valence-electron chi connectivity index (χ4n) is 3.66. The van der Waals surface area contributed by atoms with Crippen molar-refractivity contribution < 1.29 is 14.3 Å². The number of fused-ring (bicyclic) bond motifs is 1. The van der Waals surface area contributed by atoms with Gasteiger partial charge in [0.2, 0.25) is 5.91 Å². The number of benzene rings is 1. The van der Waals surface area contributed by atoms with Crippen molar-refractivity contribution in [2.75, 3.05) is 13.7 Å². The molecule has 3 rings (SSSR count). The summed E-state index contributed by atoms with van der Waals surface area (Å²) in [5.41, 5.74) is 4.17. The summed E-state index contributed by atoms with van der Waals surface area (Å²) in [6.07, 6.45) is 0.229. The van der Waals surface area contributed by atoms with Crippen LogP contribution in [0.15, 0.2) is 51.6 Å². The van der Waals surface area contributed by atoms with Crippen molar-refractivity contribution in [2.45, 2.75) is 53.0 Å². The van der Waals surface area contributed by atoms with Gasteiger partial charge in [0.1, 0.15) is 0 Å². The lowest BCUT2D eigenvalue weighted by molar-refractivity contribution is -0.136. The lowest BCUT2D eigenvalue weighted by Crippen LogP contribution is -2.38. The molecule has 0 bridgehead atoms. The number of aliphatic imine (C=N–C) groups is 1. The molecule has 1 aromatic carbocycles. The molecule has 1 amide bonds. The Morgan fingerprint density at radius 2 is 1.87 bits per heavy atom. The summed E-state index contributed by atoms with van der Waals surface area (Å²) in [7, 11) is 1.38. The average Bonchev–Trinajstić information content (AvgIpc) is 3.12. The zero-order chi connectivity index (χ0) is 22.7. The van der Waals surface area contributed by atoms with E-state index in [1.54, 1.807) is 0 Å². The quantitative estimate of drug-likeness (QED) is 0.620. The van der Waals surface area contributed by atoms with Gasteiger partial charge in [0, 0.05) is 12.2 Å². The SMILES string of the molecule is COC(=O)C1=C(C)N=C2SC=C(CC(=O)NCC(C)C)N2[C@@H]1c1ccc(C(C)C)cc1. The van der Waals surface area contributed by atoms with Crippen molar-refractivity contribution in [3.8, 4) is 0 Å². The molecule has 6 nitrogen and oxygen atoms in total. The number of thioether (sulfide) groups is 1. The molecule has 0 aromatic heterocycles. The normalized spacial score (nSPS) is 18.2. The monoisotopic (exact) mass is 441 g/mol. The highest BCUT2D eigenvalue weighted by Crippen LogP contribution is 2.44. The Morgan fingerprint density at radius 1 is 1.19 bits per heavy atom. The first-order chi connectivity index (χ1) is 14.7. The maximum atomic E-state index is 12.7. The van der Waals surface area contributed by atoms with Gasteiger partial charge in [-0.2, -0.15) is 0 Å². The summed E-state index contributed by atoms with van der Waals surface area (Å²) < 4.78 is 5.11. The van der Waals surface area contributed by atoms with Gasteiger partial charge in [-0.05, 0) is 35.3 Å². The zero-order valence-electron chi connectivity index (χ0n) is 19.1. The lowest BCUT2D eigenvalue weighted by Gasteiger charge is -2.36. The molecule has 2 aliphatic heterocycles. The Labute approximate surface area is 188 Å². The predicted octanol–water partition coefficient (Wildman–Crippen LogP) is 4.72. The van der Waals surface area contributed by atoms with Crippen LogP contribution in [0, 0.1) is 5.92 Å². The second kappa shape index (κ2) is 9.73. The topological polar surface area (TPSA) is 71.0 Å². The van der Waals surface area contributed by atoms with Crippen LogP contribution in [0.4, 0.5) is 0 Å². The molecule has 166 valence electrons. The van der Waals surface area contributed by atoms with Gasteiger partial charge in [-0.25, -0.2) is 9.79 Å². The van der Waals surface area contributed by atoms with E-state index in [4.69, 9.17) is 4.74 Å². The third-order valence-electron chi connectivity index (χ3n) is 5.37. The van der Waals surface area contributed by atoms with Crippen molar-refractivity contribution in [3.63, 3.8) is 0 Å². The molecule has 0 fully saturated rings. The van der Waals surface area contributed by atoms with E-state index < -0.39 is 5.97 Å². The number of hydrogen-bond donors (Lipinski definition) is 1. The second-order valence-corrected chi connectivity index (χ2v) is 9.42. The van der Waals surface area contributed by atoms with E-state index >= 15 is 0 Å². The van der Waals surface area contributed by atoms with Gasteiger partial charge in [-0.3, -0.25) is 4.79 Å². The summed E-state index contributed by atoms with van der Waals surface area (Å²) in [6, 6.07) is 7.91. The molecule has 2 heterocycles. The van der Waals surface area contributed by atoms with Gasteiger partial charge in [-0.15, -0.1) is 0 Å². The lowest BCUT2D eigenvalue weighted by atomic mass is 9.92. The highest BCUT2D eigenvalue weighted by atomic mass is 32.2. The average molecular weight is 442 g/mol. The van der Waals surface area contributed by atoms with E-state index in [1.807, 2.05) is 17.2 Å². The third kappa shape index (κ3) is 5.03. The summed E-state index contributed by atoms with van der Waals surface area (Å²) in [4.78, 5) is 31.9. The van der Waals surface area contributed by atoms with Crippen molar-refractivity contribution in [1.29, 1.82) is 0 Å². The number of hydrogen-bond acceptors (Lipinski definition) is 6. The number of carbonyl (C=O) groups excluding carboxylic acids is 2. The third-order valence-corrected chi connectivity index (χ3v) is 6.26. The number of carbonyl (C=O) groups is 2. The molecule has 0 aliphatic carbocycles. The second-order valence-electron chi connectivity index (χ2n) is 8.58. The summed E-state index contributed by atoms with van der Waals surface area (Å²) in [5, 5.41) is 5.70. The van der Waals surface area contributed by atoms with Crippen LogP contribution >= 0.6 is 11.8 Å². The minimum Gasteiger partial charge on any atom is -0.466 e. The fourth-order valence-corrected chi connectivity index (χ4v) is 4.63. The van der Waals surface area contributed by atoms with Gasteiger partial charge in [0.25, 0.3) is 0 Å². The van der Waals surface area contributed by atoms with Crippen LogP contribution < -0.4 is 5.32 Å². The largest absolute Gasteiger partial charge is 0.466 e. The highest BCUT2D eigenvalue weighted by molar-refractivity contribution is 8.16. The van der Waals surface area contributed by atoms with Crippen LogP contribution in [0.1, 0.15) is 64.1 Å². The Hall–Kier alpha value is -2.54. The Balaban J connectivity index is 1.98. The molecule has 31 heavy (non-hydrogen) atoms. The molecule has 0 spiro atoms.